The van der Waals surface area contributed by atoms with Gasteiger partial charge in [-0.2, -0.15) is 0 Å². The van der Waals surface area contributed by atoms with Crippen molar-refractivity contribution in [2.75, 3.05) is 0 Å². The fourth-order valence-electron chi connectivity index (χ4n) is 1.63. The normalized spacial score (nSPS) is 10.8. The Morgan fingerprint density at radius 1 is 1.06 bits per heavy atom. The summed E-state index contributed by atoms with van der Waals surface area (Å²) in [5.74, 6) is 0. The Hall–Kier alpha value is -1.43. The number of benzene rings is 1. The Kier molecular flexibility index (Phi) is 2.36. The SMILES string of the molecule is Ic1cc(-c2ccc3cnccc3c2)no1. The largest absolute Gasteiger partial charge is 0.350 e. The van der Waals surface area contributed by atoms with Crippen molar-refractivity contribution in [3.63, 3.8) is 0 Å². The molecule has 2 aromatic heterocycles. The minimum atomic E-state index is 0.794. The van der Waals surface area contributed by atoms with E-state index in [9.17, 15) is 0 Å². The van der Waals surface area contributed by atoms with Crippen molar-refractivity contribution in [1.82, 2.24) is 10.1 Å². The van der Waals surface area contributed by atoms with Crippen molar-refractivity contribution in [3.8, 4) is 11.3 Å². The Balaban J connectivity index is 2.18. The van der Waals surface area contributed by atoms with E-state index >= 15 is 0 Å². The lowest BCUT2D eigenvalue weighted by Gasteiger charge is -1.99. The molecule has 4 heteroatoms. The number of halogens is 1. The van der Waals surface area contributed by atoms with Crippen LogP contribution in [0.25, 0.3) is 22.0 Å². The highest BCUT2D eigenvalue weighted by molar-refractivity contribution is 14.1. The second-order valence-corrected chi connectivity index (χ2v) is 4.52. The molecule has 3 aromatic rings. The van der Waals surface area contributed by atoms with E-state index in [2.05, 4.69) is 38.8 Å². The molecule has 0 atom stereocenters. The summed E-state index contributed by atoms with van der Waals surface area (Å²) in [6.45, 7) is 0. The lowest BCUT2D eigenvalue weighted by atomic mass is 10.1. The topological polar surface area (TPSA) is 38.9 Å². The average Bonchev–Trinajstić information content (AvgIpc) is 2.75. The zero-order chi connectivity index (χ0) is 11.0. The van der Waals surface area contributed by atoms with Gasteiger partial charge in [0.2, 0.25) is 0 Å². The van der Waals surface area contributed by atoms with Crippen molar-refractivity contribution >= 4 is 33.4 Å². The molecule has 0 N–H and O–H groups in total. The highest BCUT2D eigenvalue weighted by Gasteiger charge is 2.04. The molecule has 16 heavy (non-hydrogen) atoms. The smallest absolute Gasteiger partial charge is 0.196 e. The van der Waals surface area contributed by atoms with Crippen LogP contribution < -0.4 is 0 Å². The number of rotatable bonds is 1. The van der Waals surface area contributed by atoms with Gasteiger partial charge in [-0.05, 0) is 17.5 Å². The summed E-state index contributed by atoms with van der Waals surface area (Å²) in [6, 6.07) is 10.1. The number of hydrogen-bond acceptors (Lipinski definition) is 3. The molecule has 3 nitrogen and oxygen atoms in total. The average molecular weight is 322 g/mol. The maximum atomic E-state index is 5.06. The number of nitrogens with zero attached hydrogens (tertiary/aromatic N) is 2. The van der Waals surface area contributed by atoms with E-state index in [1.165, 1.54) is 0 Å². The summed E-state index contributed by atoms with van der Waals surface area (Å²) >= 11 is 2.11. The molecule has 0 radical (unpaired) electrons. The van der Waals surface area contributed by atoms with E-state index in [0.29, 0.717) is 0 Å². The fourth-order valence-corrected chi connectivity index (χ4v) is 2.03. The van der Waals surface area contributed by atoms with Crippen molar-refractivity contribution in [1.29, 1.82) is 0 Å². The van der Waals surface area contributed by atoms with Gasteiger partial charge in [0.25, 0.3) is 0 Å². The van der Waals surface area contributed by atoms with Gasteiger partial charge in [0.05, 0.1) is 0 Å². The Morgan fingerprint density at radius 3 is 2.81 bits per heavy atom. The van der Waals surface area contributed by atoms with Gasteiger partial charge >= 0.3 is 0 Å². The summed E-state index contributed by atoms with van der Waals surface area (Å²) in [5.41, 5.74) is 1.92. The Morgan fingerprint density at radius 2 is 2.00 bits per heavy atom. The standard InChI is InChI=1S/C12H7IN2O/c13-12-6-11(15-16-12)9-1-2-10-7-14-4-3-8(10)5-9/h1-7H. The van der Waals surface area contributed by atoms with Crippen LogP contribution >= 0.6 is 22.6 Å². The lowest BCUT2D eigenvalue weighted by Crippen LogP contribution is -1.79. The van der Waals surface area contributed by atoms with E-state index in [-0.39, 0.29) is 0 Å². The second-order valence-electron chi connectivity index (χ2n) is 3.45. The predicted octanol–water partition coefficient (Wildman–Crippen LogP) is 3.49. The van der Waals surface area contributed by atoms with Crippen molar-refractivity contribution in [2.24, 2.45) is 0 Å². The minimum Gasteiger partial charge on any atom is -0.350 e. The number of aromatic nitrogens is 2. The molecule has 0 aliphatic carbocycles. The molecule has 0 aliphatic rings. The lowest BCUT2D eigenvalue weighted by molar-refractivity contribution is 0.400. The molecule has 0 bridgehead atoms. The number of fused-ring (bicyclic) bond motifs is 1. The van der Waals surface area contributed by atoms with Crippen molar-refractivity contribution in [2.45, 2.75) is 0 Å². The minimum absolute atomic E-state index is 0.794. The number of pyridine rings is 1. The first-order valence-electron chi connectivity index (χ1n) is 4.79. The van der Waals surface area contributed by atoms with Crippen LogP contribution in [0, 0.1) is 3.77 Å². The monoisotopic (exact) mass is 322 g/mol. The predicted molar refractivity (Wildman–Crippen MR) is 70.0 cm³/mol. The molecule has 78 valence electrons. The quantitative estimate of drug-likeness (QED) is 0.644. The molecule has 3 rings (SSSR count). The first-order chi connectivity index (χ1) is 7.83. The van der Waals surface area contributed by atoms with Crippen molar-refractivity contribution < 1.29 is 4.52 Å². The van der Waals surface area contributed by atoms with Crippen LogP contribution in [0.3, 0.4) is 0 Å². The van der Waals surface area contributed by atoms with Crippen LogP contribution in [0.1, 0.15) is 0 Å². The van der Waals surface area contributed by atoms with Crippen molar-refractivity contribution in [3.05, 3.63) is 46.5 Å². The maximum absolute atomic E-state index is 5.06. The first-order valence-corrected chi connectivity index (χ1v) is 5.87. The molecule has 0 saturated heterocycles. The van der Waals surface area contributed by atoms with E-state index in [1.807, 2.05) is 30.5 Å². The van der Waals surface area contributed by atoms with Crippen LogP contribution in [0.15, 0.2) is 47.2 Å². The molecule has 0 amide bonds. The Bertz CT molecular complexity index is 648. The van der Waals surface area contributed by atoms with Gasteiger partial charge in [-0.15, -0.1) is 0 Å². The Labute approximate surface area is 106 Å². The van der Waals surface area contributed by atoms with Gasteiger partial charge in [0.1, 0.15) is 5.69 Å². The van der Waals surface area contributed by atoms with Crippen LogP contribution in [0.4, 0.5) is 0 Å². The molecule has 1 aromatic carbocycles. The fraction of sp³-hybridized carbons (Fsp3) is 0. The molecule has 0 saturated carbocycles. The highest BCUT2D eigenvalue weighted by atomic mass is 127. The molecular weight excluding hydrogens is 315 g/mol. The summed E-state index contributed by atoms with van der Waals surface area (Å²) < 4.78 is 5.85. The molecule has 0 fully saturated rings. The third-order valence-corrected chi connectivity index (χ3v) is 2.93. The third-order valence-electron chi connectivity index (χ3n) is 2.42. The van der Waals surface area contributed by atoms with Crippen LogP contribution in [0.2, 0.25) is 0 Å². The second kappa shape index (κ2) is 3.86. The molecule has 0 spiro atoms. The van der Waals surface area contributed by atoms with Gasteiger partial charge in [-0.25, -0.2) is 0 Å². The van der Waals surface area contributed by atoms with Crippen LogP contribution in [-0.4, -0.2) is 10.1 Å². The molecule has 0 unspecified atom stereocenters. The van der Waals surface area contributed by atoms with Gasteiger partial charge < -0.3 is 4.52 Å². The highest BCUT2D eigenvalue weighted by Crippen LogP contribution is 2.24. The zero-order valence-electron chi connectivity index (χ0n) is 8.22. The van der Waals surface area contributed by atoms with E-state index < -0.39 is 0 Å². The van der Waals surface area contributed by atoms with Crippen LogP contribution in [0.5, 0.6) is 0 Å². The summed E-state index contributed by atoms with van der Waals surface area (Å²) in [4.78, 5) is 4.08. The summed E-state index contributed by atoms with van der Waals surface area (Å²) in [6.07, 6.45) is 3.64. The van der Waals surface area contributed by atoms with Crippen LogP contribution in [-0.2, 0) is 0 Å². The molecular formula is C12H7IN2O. The molecule has 0 aliphatic heterocycles. The van der Waals surface area contributed by atoms with Gasteiger partial charge in [-0.3, -0.25) is 4.98 Å². The van der Waals surface area contributed by atoms with Gasteiger partial charge in [-0.1, -0.05) is 17.3 Å². The van der Waals surface area contributed by atoms with E-state index in [1.54, 1.807) is 6.20 Å². The van der Waals surface area contributed by atoms with E-state index in [4.69, 9.17) is 4.52 Å². The summed E-state index contributed by atoms with van der Waals surface area (Å²) in [7, 11) is 0. The van der Waals surface area contributed by atoms with Gasteiger partial charge in [0, 0.05) is 52.0 Å². The maximum Gasteiger partial charge on any atom is 0.196 e. The molecule has 2 heterocycles. The number of hydrogen-bond donors (Lipinski definition) is 0. The van der Waals surface area contributed by atoms with E-state index in [0.717, 1.165) is 25.8 Å². The first kappa shape index (κ1) is 9.77. The third kappa shape index (κ3) is 1.69. The van der Waals surface area contributed by atoms with Gasteiger partial charge in [0.15, 0.2) is 3.77 Å². The zero-order valence-corrected chi connectivity index (χ0v) is 10.4. The summed E-state index contributed by atoms with van der Waals surface area (Å²) in [5, 5.41) is 6.28.